The van der Waals surface area contributed by atoms with Crippen LogP contribution >= 0.6 is 0 Å². The van der Waals surface area contributed by atoms with E-state index in [2.05, 4.69) is 5.10 Å². The maximum atomic E-state index is 11.4. The molecule has 2 rings (SSSR count). The Morgan fingerprint density at radius 2 is 2.29 bits per heavy atom. The third-order valence-corrected chi connectivity index (χ3v) is 3.70. The number of nitro groups is 1. The van der Waals surface area contributed by atoms with Gasteiger partial charge in [0.25, 0.3) is 0 Å². The van der Waals surface area contributed by atoms with Crippen LogP contribution in [0, 0.1) is 17.0 Å². The Hall–Kier alpha value is -2.16. The highest BCUT2D eigenvalue weighted by atomic mass is 16.6. The molecule has 2 atom stereocenters. The van der Waals surface area contributed by atoms with E-state index in [0.29, 0.717) is 13.1 Å². The zero-order chi connectivity index (χ0) is 15.7. The lowest BCUT2D eigenvalue weighted by Gasteiger charge is -2.22. The standard InChI is InChI=1S/C12H18N4O5/c1-4-15-11(10(16(19)20)7(2)13-15)14-6-8(21-3)5-9(14)12(17)18/h8-9H,4-6H2,1-3H3,(H,17,18). The summed E-state index contributed by atoms with van der Waals surface area (Å²) >= 11 is 0. The fourth-order valence-corrected chi connectivity index (χ4v) is 2.71. The van der Waals surface area contributed by atoms with Crippen LogP contribution in [0.15, 0.2) is 0 Å². The van der Waals surface area contributed by atoms with Crippen LogP contribution in [0.2, 0.25) is 0 Å². The minimum atomic E-state index is -1.02. The van der Waals surface area contributed by atoms with Crippen molar-refractivity contribution in [1.29, 1.82) is 0 Å². The molecule has 0 aliphatic carbocycles. The summed E-state index contributed by atoms with van der Waals surface area (Å²) < 4.78 is 6.69. The number of nitrogens with zero attached hydrogens (tertiary/aromatic N) is 4. The number of anilines is 1. The maximum Gasteiger partial charge on any atom is 0.333 e. The zero-order valence-electron chi connectivity index (χ0n) is 12.1. The molecule has 1 N–H and O–H groups in total. The summed E-state index contributed by atoms with van der Waals surface area (Å²) in [7, 11) is 1.50. The number of ether oxygens (including phenoxy) is 1. The molecule has 0 aromatic carbocycles. The normalized spacial score (nSPS) is 21.8. The molecule has 116 valence electrons. The number of methoxy groups -OCH3 is 1. The highest BCUT2D eigenvalue weighted by Crippen LogP contribution is 2.36. The molecule has 0 saturated carbocycles. The molecule has 0 spiro atoms. The van der Waals surface area contributed by atoms with Gasteiger partial charge in [0, 0.05) is 26.6 Å². The van der Waals surface area contributed by atoms with Crippen LogP contribution in [0.4, 0.5) is 11.5 Å². The average molecular weight is 298 g/mol. The first-order chi connectivity index (χ1) is 9.90. The number of aryl methyl sites for hydroxylation is 2. The third kappa shape index (κ3) is 2.56. The van der Waals surface area contributed by atoms with Gasteiger partial charge < -0.3 is 14.7 Å². The van der Waals surface area contributed by atoms with E-state index in [1.807, 2.05) is 0 Å². The first-order valence-electron chi connectivity index (χ1n) is 6.64. The Labute approximate surface area is 121 Å². The van der Waals surface area contributed by atoms with Gasteiger partial charge in [0.15, 0.2) is 0 Å². The smallest absolute Gasteiger partial charge is 0.333 e. The van der Waals surface area contributed by atoms with Gasteiger partial charge in [0.05, 0.1) is 11.0 Å². The lowest BCUT2D eigenvalue weighted by molar-refractivity contribution is -0.384. The maximum absolute atomic E-state index is 11.4. The Kier molecular flexibility index (Phi) is 4.12. The quantitative estimate of drug-likeness (QED) is 0.632. The van der Waals surface area contributed by atoms with Crippen LogP contribution in [-0.4, -0.2) is 51.6 Å². The van der Waals surface area contributed by atoms with Gasteiger partial charge >= 0.3 is 11.7 Å². The van der Waals surface area contributed by atoms with Crippen LogP contribution in [0.5, 0.6) is 0 Å². The van der Waals surface area contributed by atoms with E-state index in [-0.39, 0.29) is 29.7 Å². The predicted molar refractivity (Wildman–Crippen MR) is 73.5 cm³/mol. The van der Waals surface area contributed by atoms with Gasteiger partial charge in [-0.2, -0.15) is 5.10 Å². The summed E-state index contributed by atoms with van der Waals surface area (Å²) in [6.45, 7) is 4.07. The summed E-state index contributed by atoms with van der Waals surface area (Å²) in [5.74, 6) is -0.780. The first kappa shape index (κ1) is 15.2. The average Bonchev–Trinajstić information content (AvgIpc) is 2.98. The second kappa shape index (κ2) is 5.68. The summed E-state index contributed by atoms with van der Waals surface area (Å²) in [5, 5.41) is 24.8. The van der Waals surface area contributed by atoms with Crippen molar-refractivity contribution in [2.45, 2.75) is 39.0 Å². The van der Waals surface area contributed by atoms with E-state index in [1.165, 1.54) is 16.7 Å². The number of hydrogen-bond donors (Lipinski definition) is 1. The summed E-state index contributed by atoms with van der Waals surface area (Å²) in [4.78, 5) is 23.7. The lowest BCUT2D eigenvalue weighted by Crippen LogP contribution is -2.37. The summed E-state index contributed by atoms with van der Waals surface area (Å²) in [5.41, 5.74) is 0.140. The van der Waals surface area contributed by atoms with Gasteiger partial charge in [-0.3, -0.25) is 10.1 Å². The van der Waals surface area contributed by atoms with Gasteiger partial charge in [-0.05, 0) is 13.8 Å². The minimum Gasteiger partial charge on any atom is -0.480 e. The number of aliphatic carboxylic acids is 1. The molecule has 1 aliphatic heterocycles. The third-order valence-electron chi connectivity index (χ3n) is 3.70. The van der Waals surface area contributed by atoms with Crippen molar-refractivity contribution >= 4 is 17.5 Å². The fourth-order valence-electron chi connectivity index (χ4n) is 2.71. The fraction of sp³-hybridized carbons (Fsp3) is 0.667. The Morgan fingerprint density at radius 1 is 1.62 bits per heavy atom. The molecule has 1 aromatic heterocycles. The van der Waals surface area contributed by atoms with Crippen molar-refractivity contribution in [3.8, 4) is 0 Å². The number of carboxylic acids is 1. The Balaban J connectivity index is 2.53. The molecule has 1 fully saturated rings. The van der Waals surface area contributed by atoms with Crippen molar-refractivity contribution in [1.82, 2.24) is 9.78 Å². The molecule has 9 heteroatoms. The van der Waals surface area contributed by atoms with Crippen LogP contribution in [0.3, 0.4) is 0 Å². The molecular formula is C12H18N4O5. The number of carboxylic acid groups (broad SMARTS) is 1. The van der Waals surface area contributed by atoms with Crippen molar-refractivity contribution in [3.05, 3.63) is 15.8 Å². The van der Waals surface area contributed by atoms with E-state index < -0.39 is 16.9 Å². The van der Waals surface area contributed by atoms with Gasteiger partial charge in [0.2, 0.25) is 5.82 Å². The molecule has 0 amide bonds. The topological polar surface area (TPSA) is 111 Å². The predicted octanol–water partition coefficient (Wildman–Crippen LogP) is 0.798. The molecule has 21 heavy (non-hydrogen) atoms. The van der Waals surface area contributed by atoms with E-state index in [0.717, 1.165) is 0 Å². The monoisotopic (exact) mass is 298 g/mol. The first-order valence-corrected chi connectivity index (χ1v) is 6.64. The van der Waals surface area contributed by atoms with E-state index in [9.17, 15) is 20.0 Å². The van der Waals surface area contributed by atoms with Crippen LogP contribution in [-0.2, 0) is 16.1 Å². The Bertz CT molecular complexity index is 570. The second-order valence-electron chi connectivity index (χ2n) is 4.93. The van der Waals surface area contributed by atoms with Crippen LogP contribution < -0.4 is 4.90 Å². The number of rotatable bonds is 5. The van der Waals surface area contributed by atoms with Crippen molar-refractivity contribution in [2.24, 2.45) is 0 Å². The number of hydrogen-bond acceptors (Lipinski definition) is 6. The highest BCUT2D eigenvalue weighted by Gasteiger charge is 2.42. The number of carbonyl (C=O) groups is 1. The second-order valence-corrected chi connectivity index (χ2v) is 4.93. The largest absolute Gasteiger partial charge is 0.480 e. The van der Waals surface area contributed by atoms with Gasteiger partial charge in [-0.1, -0.05) is 0 Å². The molecule has 1 aromatic rings. The molecule has 0 bridgehead atoms. The van der Waals surface area contributed by atoms with E-state index in [1.54, 1.807) is 13.8 Å². The zero-order valence-corrected chi connectivity index (χ0v) is 12.1. The van der Waals surface area contributed by atoms with Crippen LogP contribution in [0.25, 0.3) is 0 Å². The highest BCUT2D eigenvalue weighted by molar-refractivity contribution is 5.80. The van der Waals surface area contributed by atoms with Crippen molar-refractivity contribution in [2.75, 3.05) is 18.6 Å². The Morgan fingerprint density at radius 3 is 2.76 bits per heavy atom. The lowest BCUT2D eigenvalue weighted by atomic mass is 10.2. The molecule has 1 aliphatic rings. The minimum absolute atomic E-state index is 0.139. The van der Waals surface area contributed by atoms with Gasteiger partial charge in [0.1, 0.15) is 11.7 Å². The molecule has 9 nitrogen and oxygen atoms in total. The van der Waals surface area contributed by atoms with Gasteiger partial charge in [-0.15, -0.1) is 0 Å². The van der Waals surface area contributed by atoms with E-state index >= 15 is 0 Å². The molecule has 2 heterocycles. The SMILES string of the molecule is CCn1nc(C)c([N+](=O)[O-])c1N1CC(OC)CC1C(=O)O. The van der Waals surface area contributed by atoms with Crippen molar-refractivity contribution in [3.63, 3.8) is 0 Å². The molecule has 0 radical (unpaired) electrons. The van der Waals surface area contributed by atoms with Crippen LogP contribution in [0.1, 0.15) is 19.0 Å². The summed E-state index contributed by atoms with van der Waals surface area (Å²) in [6, 6.07) is -0.852. The molecular weight excluding hydrogens is 280 g/mol. The molecule has 1 saturated heterocycles. The number of aromatic nitrogens is 2. The van der Waals surface area contributed by atoms with E-state index in [4.69, 9.17) is 4.74 Å². The summed E-state index contributed by atoms with van der Waals surface area (Å²) in [6.07, 6.45) is 0.0166. The molecule has 2 unspecified atom stereocenters. The van der Waals surface area contributed by atoms with Gasteiger partial charge in [-0.25, -0.2) is 9.48 Å². The van der Waals surface area contributed by atoms with Crippen molar-refractivity contribution < 1.29 is 19.6 Å².